The molecule has 1 aromatic rings. The van der Waals surface area contributed by atoms with Crippen molar-refractivity contribution in [1.29, 1.82) is 0 Å². The molecule has 0 bridgehead atoms. The highest BCUT2D eigenvalue weighted by molar-refractivity contribution is 6.31. The van der Waals surface area contributed by atoms with Gasteiger partial charge in [-0.25, -0.2) is 4.39 Å². The Bertz CT molecular complexity index is 459. The van der Waals surface area contributed by atoms with E-state index in [2.05, 4.69) is 0 Å². The van der Waals surface area contributed by atoms with Crippen LogP contribution in [0.2, 0.25) is 5.02 Å². The van der Waals surface area contributed by atoms with Gasteiger partial charge in [0.1, 0.15) is 12.4 Å². The number of hydrogen-bond acceptors (Lipinski definition) is 1. The average Bonchev–Trinajstić information content (AvgIpc) is 2.31. The van der Waals surface area contributed by atoms with Gasteiger partial charge in [0.25, 0.3) is 0 Å². The summed E-state index contributed by atoms with van der Waals surface area (Å²) < 4.78 is 50.5. The number of carbonyl (C=O) groups excluding carboxylic acids is 1. The maximum Gasteiger partial charge on any atom is 0.406 e. The fraction of sp³-hybridized carbons (Fsp3) is 0.417. The van der Waals surface area contributed by atoms with E-state index in [1.165, 1.54) is 12.1 Å². The predicted molar refractivity (Wildman–Crippen MR) is 68.5 cm³/mol. The van der Waals surface area contributed by atoms with Gasteiger partial charge in [0.15, 0.2) is 0 Å². The summed E-state index contributed by atoms with van der Waals surface area (Å²) in [4.78, 5) is 12.4. The van der Waals surface area contributed by atoms with E-state index in [0.29, 0.717) is 4.90 Å². The normalized spacial score (nSPS) is 11.5. The van der Waals surface area contributed by atoms with Crippen molar-refractivity contribution in [3.8, 4) is 0 Å². The Balaban J connectivity index is 2.86. The number of halogens is 6. The van der Waals surface area contributed by atoms with Crippen LogP contribution in [-0.4, -0.2) is 36.0 Å². The Kier molecular flexibility index (Phi) is 6.07. The predicted octanol–water partition coefficient (Wildman–Crippen LogP) is 3.65. The molecule has 0 aliphatic rings. The molecule has 0 fully saturated rings. The molecule has 0 unspecified atom stereocenters. The van der Waals surface area contributed by atoms with E-state index in [1.807, 2.05) is 0 Å². The molecule has 112 valence electrons. The van der Waals surface area contributed by atoms with Crippen molar-refractivity contribution >= 4 is 29.1 Å². The van der Waals surface area contributed by atoms with Gasteiger partial charge in [0.2, 0.25) is 5.91 Å². The van der Waals surface area contributed by atoms with Crippen molar-refractivity contribution in [3.63, 3.8) is 0 Å². The molecule has 0 atom stereocenters. The average molecular weight is 332 g/mol. The lowest BCUT2D eigenvalue weighted by Gasteiger charge is -2.23. The maximum atomic E-state index is 13.5. The first-order valence-electron chi connectivity index (χ1n) is 5.58. The van der Waals surface area contributed by atoms with Gasteiger partial charge < -0.3 is 4.90 Å². The molecule has 2 nitrogen and oxygen atoms in total. The Morgan fingerprint density at radius 2 is 1.95 bits per heavy atom. The van der Waals surface area contributed by atoms with Gasteiger partial charge in [0, 0.05) is 23.0 Å². The minimum Gasteiger partial charge on any atom is -0.332 e. The lowest BCUT2D eigenvalue weighted by molar-refractivity contribution is -0.160. The van der Waals surface area contributed by atoms with Crippen LogP contribution in [0.5, 0.6) is 0 Å². The molecule has 0 saturated carbocycles. The number of amides is 1. The fourth-order valence-electron chi connectivity index (χ4n) is 1.57. The molecule has 1 rings (SSSR count). The summed E-state index contributed by atoms with van der Waals surface area (Å²) in [5, 5.41) is -0.00354. The van der Waals surface area contributed by atoms with Gasteiger partial charge in [-0.1, -0.05) is 17.7 Å². The number of hydrogen-bond donors (Lipinski definition) is 0. The van der Waals surface area contributed by atoms with E-state index in [1.54, 1.807) is 0 Å². The Morgan fingerprint density at radius 3 is 2.45 bits per heavy atom. The minimum absolute atomic E-state index is 0.00354. The van der Waals surface area contributed by atoms with Crippen molar-refractivity contribution in [2.75, 3.05) is 19.0 Å². The van der Waals surface area contributed by atoms with Gasteiger partial charge in [-0.15, -0.1) is 11.6 Å². The standard InChI is InChI=1S/C12H11Cl2F4NO/c13-4-5-19(7-12(16,17)18)11(20)6-8-9(14)2-1-3-10(8)15/h1-3H,4-7H2. The van der Waals surface area contributed by atoms with Crippen LogP contribution < -0.4 is 0 Å². The monoisotopic (exact) mass is 331 g/mol. The molecule has 0 N–H and O–H groups in total. The first kappa shape index (κ1) is 17.0. The molecule has 8 heteroatoms. The molecule has 0 aliphatic heterocycles. The zero-order valence-electron chi connectivity index (χ0n) is 10.2. The highest BCUT2D eigenvalue weighted by atomic mass is 35.5. The second-order valence-corrected chi connectivity index (χ2v) is 4.78. The zero-order valence-corrected chi connectivity index (χ0v) is 11.7. The SMILES string of the molecule is O=C(Cc1c(F)cccc1Cl)N(CCCl)CC(F)(F)F. The largest absolute Gasteiger partial charge is 0.406 e. The molecular formula is C12H11Cl2F4NO. The van der Waals surface area contributed by atoms with Crippen LogP contribution in [0.4, 0.5) is 17.6 Å². The number of alkyl halides is 4. The summed E-state index contributed by atoms with van der Waals surface area (Å²) in [5.74, 6) is -1.76. The highest BCUT2D eigenvalue weighted by Crippen LogP contribution is 2.22. The third kappa shape index (κ3) is 5.17. The topological polar surface area (TPSA) is 20.3 Å². The molecule has 0 aliphatic carbocycles. The van der Waals surface area contributed by atoms with Crippen LogP contribution in [0, 0.1) is 5.82 Å². The van der Waals surface area contributed by atoms with Crippen LogP contribution in [0.15, 0.2) is 18.2 Å². The summed E-state index contributed by atoms with van der Waals surface area (Å²) >= 11 is 11.1. The molecule has 1 amide bonds. The molecule has 1 aromatic carbocycles. The molecule has 0 radical (unpaired) electrons. The minimum atomic E-state index is -4.54. The Labute approximate surface area is 123 Å². The summed E-state index contributed by atoms with van der Waals surface area (Å²) in [6.45, 7) is -1.70. The third-order valence-corrected chi connectivity index (χ3v) is 2.99. The van der Waals surface area contributed by atoms with Crippen molar-refractivity contribution in [3.05, 3.63) is 34.6 Å². The van der Waals surface area contributed by atoms with Gasteiger partial charge in [0.05, 0.1) is 6.42 Å². The first-order valence-corrected chi connectivity index (χ1v) is 6.49. The lowest BCUT2D eigenvalue weighted by Crippen LogP contribution is -2.41. The van der Waals surface area contributed by atoms with Crippen molar-refractivity contribution < 1.29 is 22.4 Å². The Morgan fingerprint density at radius 1 is 1.30 bits per heavy atom. The van der Waals surface area contributed by atoms with Crippen LogP contribution >= 0.6 is 23.2 Å². The first-order chi connectivity index (χ1) is 9.24. The van der Waals surface area contributed by atoms with E-state index in [0.717, 1.165) is 6.07 Å². The van der Waals surface area contributed by atoms with Crippen LogP contribution in [-0.2, 0) is 11.2 Å². The maximum absolute atomic E-state index is 13.5. The van der Waals surface area contributed by atoms with Crippen LogP contribution in [0.1, 0.15) is 5.56 Å². The summed E-state index contributed by atoms with van der Waals surface area (Å²) in [6.07, 6.45) is -5.08. The second-order valence-electron chi connectivity index (χ2n) is 4.00. The number of carbonyl (C=O) groups is 1. The number of benzene rings is 1. The smallest absolute Gasteiger partial charge is 0.332 e. The second kappa shape index (κ2) is 7.13. The van der Waals surface area contributed by atoms with E-state index >= 15 is 0 Å². The molecule has 0 saturated heterocycles. The van der Waals surface area contributed by atoms with Gasteiger partial charge in [-0.2, -0.15) is 13.2 Å². The number of nitrogens with zero attached hydrogens (tertiary/aromatic N) is 1. The quantitative estimate of drug-likeness (QED) is 0.595. The number of rotatable bonds is 5. The molecule has 0 heterocycles. The van der Waals surface area contributed by atoms with Crippen molar-refractivity contribution in [1.82, 2.24) is 4.90 Å². The third-order valence-electron chi connectivity index (χ3n) is 2.47. The molecule has 0 aromatic heterocycles. The van der Waals surface area contributed by atoms with E-state index in [-0.39, 0.29) is 23.0 Å². The van der Waals surface area contributed by atoms with Gasteiger partial charge >= 0.3 is 6.18 Å². The van der Waals surface area contributed by atoms with E-state index in [4.69, 9.17) is 23.2 Å². The molecule has 0 spiro atoms. The van der Waals surface area contributed by atoms with E-state index in [9.17, 15) is 22.4 Å². The highest BCUT2D eigenvalue weighted by Gasteiger charge is 2.33. The van der Waals surface area contributed by atoms with Crippen molar-refractivity contribution in [2.24, 2.45) is 0 Å². The summed E-state index contributed by atoms with van der Waals surface area (Å²) in [5.41, 5.74) is -0.124. The summed E-state index contributed by atoms with van der Waals surface area (Å²) in [7, 11) is 0. The lowest BCUT2D eigenvalue weighted by atomic mass is 10.1. The van der Waals surface area contributed by atoms with Gasteiger partial charge in [-0.3, -0.25) is 4.79 Å². The molecular weight excluding hydrogens is 321 g/mol. The van der Waals surface area contributed by atoms with Crippen LogP contribution in [0.25, 0.3) is 0 Å². The van der Waals surface area contributed by atoms with E-state index < -0.39 is 30.9 Å². The zero-order chi connectivity index (χ0) is 15.3. The van der Waals surface area contributed by atoms with Crippen LogP contribution in [0.3, 0.4) is 0 Å². The fourth-order valence-corrected chi connectivity index (χ4v) is 2.01. The molecule has 20 heavy (non-hydrogen) atoms. The summed E-state index contributed by atoms with van der Waals surface area (Å²) in [6, 6.07) is 3.80. The van der Waals surface area contributed by atoms with Crippen molar-refractivity contribution in [2.45, 2.75) is 12.6 Å². The Hall–Kier alpha value is -1.01. The van der Waals surface area contributed by atoms with Gasteiger partial charge in [-0.05, 0) is 12.1 Å².